The van der Waals surface area contributed by atoms with Gasteiger partial charge >= 0.3 is 0 Å². The van der Waals surface area contributed by atoms with E-state index in [1.54, 1.807) is 6.20 Å². The summed E-state index contributed by atoms with van der Waals surface area (Å²) in [7, 11) is 0. The minimum atomic E-state index is 0.206. The fourth-order valence-electron chi connectivity index (χ4n) is 2.96. The molecule has 140 valence electrons. The predicted octanol–water partition coefficient (Wildman–Crippen LogP) is 2.56. The fraction of sp³-hybridized carbons (Fsp3) is 0.722. The number of halogens is 1. The van der Waals surface area contributed by atoms with Gasteiger partial charge in [-0.2, -0.15) is 0 Å². The van der Waals surface area contributed by atoms with E-state index in [-0.39, 0.29) is 12.2 Å². The predicted molar refractivity (Wildman–Crippen MR) is 98.0 cm³/mol. The van der Waals surface area contributed by atoms with Crippen LogP contribution < -0.4 is 10.1 Å². The van der Waals surface area contributed by atoms with Crippen molar-refractivity contribution in [2.24, 2.45) is 0 Å². The van der Waals surface area contributed by atoms with Crippen LogP contribution in [0.1, 0.15) is 25.7 Å². The Balaban J connectivity index is 1.14. The third-order valence-electron chi connectivity index (χ3n) is 4.49. The van der Waals surface area contributed by atoms with E-state index in [2.05, 4.69) is 26.2 Å². The van der Waals surface area contributed by atoms with Crippen LogP contribution in [0.2, 0.25) is 0 Å². The Morgan fingerprint density at radius 2 is 1.68 bits per heavy atom. The molecule has 1 aromatic heterocycles. The normalized spacial score (nSPS) is 24.0. The summed E-state index contributed by atoms with van der Waals surface area (Å²) in [6.07, 6.45) is 6.65. The minimum absolute atomic E-state index is 0.206. The van der Waals surface area contributed by atoms with E-state index in [1.807, 2.05) is 12.1 Å². The molecule has 1 aliphatic heterocycles. The molecule has 3 rings (SSSR count). The third kappa shape index (κ3) is 6.83. The Labute approximate surface area is 157 Å². The zero-order valence-corrected chi connectivity index (χ0v) is 16.1. The number of pyridine rings is 1. The van der Waals surface area contributed by atoms with Crippen LogP contribution in [0.4, 0.5) is 0 Å². The SMILES string of the molecule is Brc1ccc(OC2CC(OCCOCCOC3CCNCC3)C2)nc1. The number of hydrogen-bond donors (Lipinski definition) is 1. The van der Waals surface area contributed by atoms with Crippen molar-refractivity contribution in [2.45, 2.75) is 44.0 Å². The van der Waals surface area contributed by atoms with E-state index < -0.39 is 0 Å². The van der Waals surface area contributed by atoms with Crippen LogP contribution in [0.15, 0.2) is 22.8 Å². The van der Waals surface area contributed by atoms with Gasteiger partial charge in [0.15, 0.2) is 0 Å². The van der Waals surface area contributed by atoms with Gasteiger partial charge in [-0.15, -0.1) is 0 Å². The Bertz CT molecular complexity index is 490. The van der Waals surface area contributed by atoms with E-state index in [0.29, 0.717) is 38.4 Å². The first-order valence-electron chi connectivity index (χ1n) is 9.09. The van der Waals surface area contributed by atoms with Gasteiger partial charge < -0.3 is 24.3 Å². The van der Waals surface area contributed by atoms with Gasteiger partial charge in [-0.1, -0.05) is 0 Å². The first-order valence-corrected chi connectivity index (χ1v) is 9.89. The third-order valence-corrected chi connectivity index (χ3v) is 4.96. The Hall–Kier alpha value is -0.730. The Morgan fingerprint density at radius 3 is 2.36 bits per heavy atom. The van der Waals surface area contributed by atoms with E-state index in [0.717, 1.165) is 43.2 Å². The molecule has 1 N–H and O–H groups in total. The standard InChI is InChI=1S/C18H27BrN2O4/c19-14-1-2-18(21-13-14)25-17-11-16(12-17)24-10-8-22-7-9-23-15-3-5-20-6-4-15/h1-2,13,15-17,20H,3-12H2. The number of piperidine rings is 1. The zero-order valence-electron chi connectivity index (χ0n) is 14.5. The summed E-state index contributed by atoms with van der Waals surface area (Å²) >= 11 is 3.36. The van der Waals surface area contributed by atoms with Gasteiger partial charge in [-0.3, -0.25) is 0 Å². The highest BCUT2D eigenvalue weighted by Crippen LogP contribution is 2.27. The van der Waals surface area contributed by atoms with Crippen LogP contribution >= 0.6 is 15.9 Å². The van der Waals surface area contributed by atoms with E-state index in [9.17, 15) is 0 Å². The number of hydrogen-bond acceptors (Lipinski definition) is 6. The van der Waals surface area contributed by atoms with Gasteiger partial charge in [-0.25, -0.2) is 4.98 Å². The average molecular weight is 415 g/mol. The Kier molecular flexibility index (Phi) is 7.94. The fourth-order valence-corrected chi connectivity index (χ4v) is 3.20. The molecule has 2 aliphatic rings. The summed E-state index contributed by atoms with van der Waals surface area (Å²) in [5.41, 5.74) is 0. The first kappa shape index (κ1) is 19.0. The van der Waals surface area contributed by atoms with Crippen molar-refractivity contribution >= 4 is 15.9 Å². The highest BCUT2D eigenvalue weighted by atomic mass is 79.9. The van der Waals surface area contributed by atoms with Gasteiger partial charge in [0.05, 0.1) is 38.6 Å². The van der Waals surface area contributed by atoms with Gasteiger partial charge in [-0.05, 0) is 47.9 Å². The van der Waals surface area contributed by atoms with Crippen molar-refractivity contribution in [3.8, 4) is 5.88 Å². The van der Waals surface area contributed by atoms with Crippen LogP contribution in [-0.4, -0.2) is 62.8 Å². The lowest BCUT2D eigenvalue weighted by Crippen LogP contribution is -2.40. The van der Waals surface area contributed by atoms with Crippen LogP contribution in [-0.2, 0) is 14.2 Å². The molecule has 0 atom stereocenters. The summed E-state index contributed by atoms with van der Waals surface area (Å²) in [5, 5.41) is 3.33. The van der Waals surface area contributed by atoms with Crippen LogP contribution in [0, 0.1) is 0 Å². The number of aromatic nitrogens is 1. The van der Waals surface area contributed by atoms with Crippen LogP contribution in [0.25, 0.3) is 0 Å². The van der Waals surface area contributed by atoms with Crippen molar-refractivity contribution in [1.29, 1.82) is 0 Å². The van der Waals surface area contributed by atoms with E-state index in [4.69, 9.17) is 18.9 Å². The highest BCUT2D eigenvalue weighted by Gasteiger charge is 2.31. The number of nitrogens with one attached hydrogen (secondary N) is 1. The molecule has 0 bridgehead atoms. The van der Waals surface area contributed by atoms with Gasteiger partial charge in [0.2, 0.25) is 5.88 Å². The number of rotatable bonds is 10. The summed E-state index contributed by atoms with van der Waals surface area (Å²) in [4.78, 5) is 4.22. The topological polar surface area (TPSA) is 61.8 Å². The maximum absolute atomic E-state index is 5.79. The molecule has 0 unspecified atom stereocenters. The molecular weight excluding hydrogens is 388 g/mol. The van der Waals surface area contributed by atoms with Crippen molar-refractivity contribution in [3.05, 3.63) is 22.8 Å². The molecule has 1 aliphatic carbocycles. The molecule has 7 heteroatoms. The van der Waals surface area contributed by atoms with Crippen molar-refractivity contribution < 1.29 is 18.9 Å². The molecular formula is C18H27BrN2O4. The lowest BCUT2D eigenvalue weighted by Gasteiger charge is -2.34. The average Bonchev–Trinajstić information content (AvgIpc) is 2.61. The smallest absolute Gasteiger partial charge is 0.213 e. The summed E-state index contributed by atoms with van der Waals surface area (Å²) in [6.45, 7) is 4.67. The second kappa shape index (κ2) is 10.4. The zero-order chi connectivity index (χ0) is 17.3. The molecule has 0 radical (unpaired) electrons. The van der Waals surface area contributed by atoms with Crippen LogP contribution in [0.5, 0.6) is 5.88 Å². The van der Waals surface area contributed by atoms with Crippen molar-refractivity contribution in [3.63, 3.8) is 0 Å². The molecule has 1 saturated heterocycles. The first-order chi connectivity index (χ1) is 12.3. The van der Waals surface area contributed by atoms with Gasteiger partial charge in [0, 0.05) is 29.6 Å². The molecule has 2 fully saturated rings. The summed E-state index contributed by atoms with van der Waals surface area (Å²) in [5.74, 6) is 0.670. The molecule has 6 nitrogen and oxygen atoms in total. The highest BCUT2D eigenvalue weighted by molar-refractivity contribution is 9.10. The molecule has 25 heavy (non-hydrogen) atoms. The van der Waals surface area contributed by atoms with Gasteiger partial charge in [0.1, 0.15) is 6.10 Å². The maximum atomic E-state index is 5.79. The maximum Gasteiger partial charge on any atom is 0.213 e. The molecule has 1 aromatic rings. The van der Waals surface area contributed by atoms with Gasteiger partial charge in [0.25, 0.3) is 0 Å². The van der Waals surface area contributed by atoms with E-state index >= 15 is 0 Å². The lowest BCUT2D eigenvalue weighted by atomic mass is 9.92. The molecule has 2 heterocycles. The number of nitrogens with zero attached hydrogens (tertiary/aromatic N) is 1. The second-order valence-electron chi connectivity index (χ2n) is 6.45. The second-order valence-corrected chi connectivity index (χ2v) is 7.37. The van der Waals surface area contributed by atoms with Crippen molar-refractivity contribution in [2.75, 3.05) is 39.5 Å². The summed E-state index contributed by atoms with van der Waals surface area (Å²) < 4.78 is 23.9. The Morgan fingerprint density at radius 1 is 0.960 bits per heavy atom. The quantitative estimate of drug-likeness (QED) is 0.593. The molecule has 1 saturated carbocycles. The summed E-state index contributed by atoms with van der Waals surface area (Å²) in [6, 6.07) is 3.80. The van der Waals surface area contributed by atoms with E-state index in [1.165, 1.54) is 0 Å². The van der Waals surface area contributed by atoms with Crippen LogP contribution in [0.3, 0.4) is 0 Å². The lowest BCUT2D eigenvalue weighted by molar-refractivity contribution is -0.0814. The number of ether oxygens (including phenoxy) is 4. The molecule has 0 amide bonds. The largest absolute Gasteiger partial charge is 0.474 e. The molecule has 0 spiro atoms. The monoisotopic (exact) mass is 414 g/mol. The van der Waals surface area contributed by atoms with Crippen molar-refractivity contribution in [1.82, 2.24) is 10.3 Å². The minimum Gasteiger partial charge on any atom is -0.474 e. The molecule has 0 aromatic carbocycles.